The first-order valence-electron chi connectivity index (χ1n) is 5.46. The Morgan fingerprint density at radius 2 is 2.05 bits per heavy atom. The lowest BCUT2D eigenvalue weighted by atomic mass is 10.2. The number of hydrogen-bond acceptors (Lipinski definition) is 5. The third-order valence-electron chi connectivity index (χ3n) is 2.00. The van der Waals surface area contributed by atoms with Crippen LogP contribution < -0.4 is 5.32 Å². The van der Waals surface area contributed by atoms with E-state index in [0.717, 1.165) is 6.07 Å². The third-order valence-corrected chi connectivity index (χ3v) is 2.00. The molecule has 7 heteroatoms. The summed E-state index contributed by atoms with van der Waals surface area (Å²) in [6.07, 6.45) is -0.337. The maximum atomic E-state index is 11.5. The van der Waals surface area contributed by atoms with Gasteiger partial charge in [0.05, 0.1) is 16.2 Å². The van der Waals surface area contributed by atoms with Gasteiger partial charge in [0.15, 0.2) is 6.29 Å². The first kappa shape index (κ1) is 14.6. The molecule has 102 valence electrons. The molecule has 0 bridgehead atoms. The van der Waals surface area contributed by atoms with Crippen molar-refractivity contribution in [1.29, 1.82) is 0 Å². The Bertz CT molecular complexity index is 519. The normalized spacial score (nSPS) is 10.7. The summed E-state index contributed by atoms with van der Waals surface area (Å²) in [5.74, 6) is 0. The van der Waals surface area contributed by atoms with Crippen molar-refractivity contribution < 1.29 is 19.2 Å². The topological polar surface area (TPSA) is 98.5 Å². The summed E-state index contributed by atoms with van der Waals surface area (Å²) in [6, 6.07) is 3.76. The maximum absolute atomic E-state index is 11.5. The fraction of sp³-hybridized carbons (Fsp3) is 0.333. The van der Waals surface area contributed by atoms with E-state index in [1.165, 1.54) is 12.1 Å². The van der Waals surface area contributed by atoms with E-state index in [-0.39, 0.29) is 16.9 Å². The number of nitrogens with zero attached hydrogens (tertiary/aromatic N) is 1. The molecule has 0 radical (unpaired) electrons. The second kappa shape index (κ2) is 5.47. The van der Waals surface area contributed by atoms with Crippen molar-refractivity contribution in [3.05, 3.63) is 33.9 Å². The van der Waals surface area contributed by atoms with Crippen LogP contribution >= 0.6 is 0 Å². The molecule has 0 aliphatic carbocycles. The number of nitro benzene ring substituents is 1. The zero-order valence-electron chi connectivity index (χ0n) is 10.8. The van der Waals surface area contributed by atoms with Gasteiger partial charge in [-0.15, -0.1) is 0 Å². The lowest BCUT2D eigenvalue weighted by Gasteiger charge is -2.19. The summed E-state index contributed by atoms with van der Waals surface area (Å²) < 4.78 is 5.01. The summed E-state index contributed by atoms with van der Waals surface area (Å²) in [5.41, 5.74) is -0.909. The number of nitrogens with one attached hydrogen (secondary N) is 1. The van der Waals surface area contributed by atoms with E-state index in [0.29, 0.717) is 6.29 Å². The van der Waals surface area contributed by atoms with Crippen LogP contribution in [0, 0.1) is 10.1 Å². The van der Waals surface area contributed by atoms with Gasteiger partial charge in [-0.3, -0.25) is 20.2 Å². The number of aldehydes is 1. The van der Waals surface area contributed by atoms with Crippen molar-refractivity contribution in [3.8, 4) is 0 Å². The fourth-order valence-corrected chi connectivity index (χ4v) is 1.30. The Kier molecular flexibility index (Phi) is 4.21. The molecular weight excluding hydrogens is 252 g/mol. The summed E-state index contributed by atoms with van der Waals surface area (Å²) in [4.78, 5) is 32.2. The lowest BCUT2D eigenvalue weighted by molar-refractivity contribution is -0.385. The number of benzene rings is 1. The summed E-state index contributed by atoms with van der Waals surface area (Å²) in [5, 5.41) is 13.1. The highest BCUT2D eigenvalue weighted by Crippen LogP contribution is 2.22. The predicted molar refractivity (Wildman–Crippen MR) is 68.3 cm³/mol. The van der Waals surface area contributed by atoms with Crippen LogP contribution in [0.5, 0.6) is 0 Å². The van der Waals surface area contributed by atoms with Gasteiger partial charge >= 0.3 is 6.09 Å². The Morgan fingerprint density at radius 1 is 1.42 bits per heavy atom. The van der Waals surface area contributed by atoms with Crippen LogP contribution in [0.3, 0.4) is 0 Å². The van der Waals surface area contributed by atoms with Gasteiger partial charge in [-0.25, -0.2) is 4.79 Å². The average Bonchev–Trinajstić information content (AvgIpc) is 2.26. The average molecular weight is 266 g/mol. The van der Waals surface area contributed by atoms with E-state index in [4.69, 9.17) is 4.74 Å². The van der Waals surface area contributed by atoms with Gasteiger partial charge in [-0.2, -0.15) is 0 Å². The minimum atomic E-state index is -0.722. The third kappa shape index (κ3) is 4.38. The SMILES string of the molecule is CC(C)(C)OC(=O)Nc1ccc(C=O)c([N+](=O)[O-])c1. The Morgan fingerprint density at radius 3 is 2.53 bits per heavy atom. The standard InChI is InChI=1S/C12H14N2O5/c1-12(2,3)19-11(16)13-9-5-4-8(7-15)10(6-9)14(17)18/h4-7H,1-3H3,(H,13,16). The van der Waals surface area contributed by atoms with Crippen molar-refractivity contribution in [2.24, 2.45) is 0 Å². The van der Waals surface area contributed by atoms with Crippen LogP contribution in [0.25, 0.3) is 0 Å². The van der Waals surface area contributed by atoms with Crippen LogP contribution in [0.4, 0.5) is 16.2 Å². The number of rotatable bonds is 3. The van der Waals surface area contributed by atoms with Crippen molar-refractivity contribution in [1.82, 2.24) is 0 Å². The molecule has 0 unspecified atom stereocenters. The van der Waals surface area contributed by atoms with Gasteiger partial charge in [0.2, 0.25) is 0 Å². The molecule has 0 aromatic heterocycles. The second-order valence-electron chi connectivity index (χ2n) is 4.78. The van der Waals surface area contributed by atoms with Crippen molar-refractivity contribution in [2.75, 3.05) is 5.32 Å². The zero-order valence-corrected chi connectivity index (χ0v) is 10.8. The molecule has 0 saturated heterocycles. The summed E-state index contributed by atoms with van der Waals surface area (Å²) in [7, 11) is 0. The molecule has 19 heavy (non-hydrogen) atoms. The quantitative estimate of drug-likeness (QED) is 0.515. The highest BCUT2D eigenvalue weighted by Gasteiger charge is 2.18. The molecule has 0 aliphatic heterocycles. The molecule has 0 atom stereocenters. The smallest absolute Gasteiger partial charge is 0.412 e. The van der Waals surface area contributed by atoms with Gasteiger partial charge in [-0.05, 0) is 32.9 Å². The number of anilines is 1. The van der Waals surface area contributed by atoms with E-state index in [2.05, 4.69) is 5.32 Å². The Balaban J connectivity index is 2.91. The number of nitro groups is 1. The largest absolute Gasteiger partial charge is 0.444 e. The van der Waals surface area contributed by atoms with E-state index in [1.807, 2.05) is 0 Å². The van der Waals surface area contributed by atoms with E-state index in [9.17, 15) is 19.7 Å². The van der Waals surface area contributed by atoms with Gasteiger partial charge in [-0.1, -0.05) is 0 Å². The lowest BCUT2D eigenvalue weighted by Crippen LogP contribution is -2.27. The van der Waals surface area contributed by atoms with Crippen molar-refractivity contribution in [3.63, 3.8) is 0 Å². The van der Waals surface area contributed by atoms with Gasteiger partial charge < -0.3 is 4.74 Å². The molecule has 0 saturated carbocycles. The number of hydrogen-bond donors (Lipinski definition) is 1. The molecule has 1 N–H and O–H groups in total. The highest BCUT2D eigenvalue weighted by atomic mass is 16.6. The van der Waals surface area contributed by atoms with Crippen LogP contribution in [0.2, 0.25) is 0 Å². The summed E-state index contributed by atoms with van der Waals surface area (Å²) in [6.45, 7) is 5.10. The molecule has 1 amide bonds. The molecule has 7 nitrogen and oxygen atoms in total. The molecule has 1 rings (SSSR count). The molecule has 0 spiro atoms. The minimum absolute atomic E-state index is 0.0558. The van der Waals surface area contributed by atoms with Crippen LogP contribution in [-0.4, -0.2) is 22.9 Å². The number of carbonyl (C=O) groups excluding carboxylic acids is 2. The molecule has 0 fully saturated rings. The van der Waals surface area contributed by atoms with Crippen LogP contribution in [0.1, 0.15) is 31.1 Å². The van der Waals surface area contributed by atoms with Gasteiger partial charge in [0.1, 0.15) is 5.60 Å². The maximum Gasteiger partial charge on any atom is 0.412 e. The molecular formula is C12H14N2O5. The monoisotopic (exact) mass is 266 g/mol. The van der Waals surface area contributed by atoms with Crippen LogP contribution in [-0.2, 0) is 4.74 Å². The predicted octanol–water partition coefficient (Wildman–Crippen LogP) is 2.75. The number of amides is 1. The molecule has 1 aromatic rings. The molecule has 0 heterocycles. The molecule has 0 aliphatic rings. The minimum Gasteiger partial charge on any atom is -0.444 e. The fourth-order valence-electron chi connectivity index (χ4n) is 1.30. The first-order chi connectivity index (χ1) is 8.73. The zero-order chi connectivity index (χ0) is 14.6. The van der Waals surface area contributed by atoms with E-state index < -0.39 is 16.6 Å². The van der Waals surface area contributed by atoms with Gasteiger partial charge in [0.25, 0.3) is 5.69 Å². The Hall–Kier alpha value is -2.44. The van der Waals surface area contributed by atoms with Gasteiger partial charge in [0, 0.05) is 6.07 Å². The highest BCUT2D eigenvalue weighted by molar-refractivity contribution is 5.88. The van der Waals surface area contributed by atoms with E-state index in [1.54, 1.807) is 20.8 Å². The van der Waals surface area contributed by atoms with Crippen LogP contribution in [0.15, 0.2) is 18.2 Å². The van der Waals surface area contributed by atoms with Crippen molar-refractivity contribution >= 4 is 23.8 Å². The second-order valence-corrected chi connectivity index (χ2v) is 4.78. The first-order valence-corrected chi connectivity index (χ1v) is 5.46. The van der Waals surface area contributed by atoms with Crippen molar-refractivity contribution in [2.45, 2.75) is 26.4 Å². The summed E-state index contributed by atoms with van der Waals surface area (Å²) >= 11 is 0. The Labute approximate surface area is 109 Å². The number of ether oxygens (including phenoxy) is 1. The number of carbonyl (C=O) groups is 2. The molecule has 1 aromatic carbocycles. The van der Waals surface area contributed by atoms with E-state index >= 15 is 0 Å².